The largest absolute Gasteiger partial charge is 0.389 e. The van der Waals surface area contributed by atoms with Gasteiger partial charge < -0.3 is 11.1 Å². The summed E-state index contributed by atoms with van der Waals surface area (Å²) >= 11 is 0. The number of alkyl halides is 7. The van der Waals surface area contributed by atoms with Gasteiger partial charge in [0.2, 0.25) is 11.8 Å². The van der Waals surface area contributed by atoms with E-state index in [1.54, 1.807) is 6.07 Å². The molecular weight excluding hydrogens is 577 g/mol. The highest BCUT2D eigenvalue weighted by molar-refractivity contribution is 5.91. The van der Waals surface area contributed by atoms with E-state index in [-0.39, 0.29) is 30.1 Å². The Kier molecular flexibility index (Phi) is 7.87. The second kappa shape index (κ2) is 11.1. The minimum Gasteiger partial charge on any atom is -0.364 e. The van der Waals surface area contributed by atoms with Crippen molar-refractivity contribution in [1.82, 2.24) is 34.9 Å². The van der Waals surface area contributed by atoms with Crippen LogP contribution in [0.1, 0.15) is 97.3 Å². The Hall–Kier alpha value is -3.79. The Morgan fingerprint density at radius 2 is 1.81 bits per heavy atom. The first-order valence-electron chi connectivity index (χ1n) is 13.3. The Balaban J connectivity index is 1.49. The van der Waals surface area contributed by atoms with E-state index in [2.05, 4.69) is 25.7 Å². The third-order valence-electron chi connectivity index (χ3n) is 7.71. The van der Waals surface area contributed by atoms with E-state index in [1.807, 2.05) is 0 Å². The van der Waals surface area contributed by atoms with Gasteiger partial charge in [0.25, 0.3) is 12.3 Å². The maximum atomic E-state index is 14.1. The van der Waals surface area contributed by atoms with Crippen molar-refractivity contribution in [1.29, 1.82) is 0 Å². The van der Waals surface area contributed by atoms with Crippen LogP contribution in [0.4, 0.5) is 30.7 Å². The highest BCUT2D eigenvalue weighted by atomic mass is 19.4. The molecule has 3 aromatic rings. The molecule has 2 atom stereocenters. The van der Waals surface area contributed by atoms with Crippen LogP contribution in [0.25, 0.3) is 5.65 Å². The number of hydrogen-bond acceptors (Lipinski definition) is 6. The highest BCUT2D eigenvalue weighted by Crippen LogP contribution is 2.44. The fraction of sp³-hybridized carbons (Fsp3) is 0.600. The summed E-state index contributed by atoms with van der Waals surface area (Å²) in [4.78, 5) is 28.6. The van der Waals surface area contributed by atoms with Crippen molar-refractivity contribution in [3.8, 4) is 0 Å². The van der Waals surface area contributed by atoms with Crippen molar-refractivity contribution in [3.63, 3.8) is 0 Å². The van der Waals surface area contributed by atoms with Gasteiger partial charge in [0.1, 0.15) is 11.7 Å². The third kappa shape index (κ3) is 6.48. The maximum absolute atomic E-state index is 14.1. The number of nitrogens with zero attached hydrogens (tertiary/aromatic N) is 6. The van der Waals surface area contributed by atoms with Crippen molar-refractivity contribution >= 4 is 17.5 Å². The van der Waals surface area contributed by atoms with Crippen LogP contribution in [-0.4, -0.2) is 53.5 Å². The van der Waals surface area contributed by atoms with Crippen LogP contribution in [0.3, 0.4) is 0 Å². The second-order valence-corrected chi connectivity index (χ2v) is 10.8. The zero-order valence-corrected chi connectivity index (χ0v) is 22.0. The van der Waals surface area contributed by atoms with E-state index in [0.29, 0.717) is 5.56 Å². The zero-order chi connectivity index (χ0) is 30.4. The zero-order valence-electron chi connectivity index (χ0n) is 22.0. The van der Waals surface area contributed by atoms with Gasteiger partial charge in [0.05, 0.1) is 30.6 Å². The van der Waals surface area contributed by atoms with Crippen molar-refractivity contribution in [3.05, 3.63) is 41.1 Å². The molecule has 0 saturated heterocycles. The summed E-state index contributed by atoms with van der Waals surface area (Å²) in [5.41, 5.74) is 4.48. The molecule has 0 bridgehead atoms. The van der Waals surface area contributed by atoms with Gasteiger partial charge in [-0.2, -0.15) is 18.3 Å². The van der Waals surface area contributed by atoms with E-state index in [9.17, 15) is 40.3 Å². The van der Waals surface area contributed by atoms with Crippen LogP contribution in [0.15, 0.2) is 18.5 Å². The molecule has 0 unspecified atom stereocenters. The van der Waals surface area contributed by atoms with Crippen LogP contribution in [-0.2, 0) is 4.79 Å². The van der Waals surface area contributed by atoms with Crippen LogP contribution >= 0.6 is 0 Å². The molecule has 0 spiro atoms. The topological polar surface area (TPSA) is 133 Å². The standard InChI is InChI=1S/C25H27F7N8O2/c26-22(27)21-19(23(33)42)37-38-40(21)20(13-3-6-24(28,29)7-4-13)15-11-39-16(35-15)9-14(10-34-39)18(12-1-2-12)36-17(41)5-8-25(30,31)32/h9-13,18,20,22H,1-8H2,(H2,33,42)(H,36,41)/t18-,20+/m1/s1. The summed E-state index contributed by atoms with van der Waals surface area (Å²) in [5, 5.41) is 14.2. The molecule has 2 aliphatic rings. The number of aromatic nitrogens is 6. The lowest BCUT2D eigenvalue weighted by Gasteiger charge is -2.33. The number of carbonyl (C=O) groups is 2. The molecule has 0 radical (unpaired) electrons. The lowest BCUT2D eigenvalue weighted by atomic mass is 9.81. The Morgan fingerprint density at radius 1 is 1.12 bits per heavy atom. The molecule has 2 fully saturated rings. The SMILES string of the molecule is NC(=O)c1nnn([C@H](c2cn3ncc([C@H](NC(=O)CCC(F)(F)F)C4CC4)cc3n2)C2CCC(F)(F)CC2)c1C(F)F. The number of hydrogen-bond donors (Lipinski definition) is 2. The van der Waals surface area contributed by atoms with Crippen molar-refractivity contribution < 1.29 is 40.3 Å². The lowest BCUT2D eigenvalue weighted by molar-refractivity contribution is -0.144. The molecule has 3 aromatic heterocycles. The van der Waals surface area contributed by atoms with Gasteiger partial charge in [-0.3, -0.25) is 9.59 Å². The summed E-state index contributed by atoms with van der Waals surface area (Å²) in [6.45, 7) is 0. The lowest BCUT2D eigenvalue weighted by Crippen LogP contribution is -2.32. The number of nitrogens with one attached hydrogen (secondary N) is 1. The Bertz CT molecular complexity index is 1460. The number of fused-ring (bicyclic) bond motifs is 1. The molecule has 42 heavy (non-hydrogen) atoms. The molecule has 3 heterocycles. The fourth-order valence-electron chi connectivity index (χ4n) is 5.46. The average Bonchev–Trinajstić information content (AvgIpc) is 3.50. The summed E-state index contributed by atoms with van der Waals surface area (Å²) < 4.78 is 96.1. The van der Waals surface area contributed by atoms with Crippen molar-refractivity contribution in [2.75, 3.05) is 0 Å². The van der Waals surface area contributed by atoms with E-state index < -0.39 is 85.4 Å². The van der Waals surface area contributed by atoms with Crippen LogP contribution in [0.2, 0.25) is 0 Å². The molecule has 0 aromatic carbocycles. The summed E-state index contributed by atoms with van der Waals surface area (Å²) in [5.74, 6) is -5.54. The minimum atomic E-state index is -4.48. The van der Waals surface area contributed by atoms with E-state index >= 15 is 0 Å². The van der Waals surface area contributed by atoms with Gasteiger partial charge >= 0.3 is 6.18 Å². The number of imidazole rings is 1. The minimum absolute atomic E-state index is 0.00820. The smallest absolute Gasteiger partial charge is 0.364 e. The first-order valence-corrected chi connectivity index (χ1v) is 13.3. The van der Waals surface area contributed by atoms with Gasteiger partial charge in [0.15, 0.2) is 11.3 Å². The number of halogens is 7. The summed E-state index contributed by atoms with van der Waals surface area (Å²) in [6, 6.07) is -0.157. The number of amides is 2. The molecule has 17 heteroatoms. The first-order chi connectivity index (χ1) is 19.7. The number of carbonyl (C=O) groups excluding carboxylic acids is 2. The number of primary amides is 1. The van der Waals surface area contributed by atoms with Gasteiger partial charge in [-0.05, 0) is 49.1 Å². The van der Waals surface area contributed by atoms with E-state index in [4.69, 9.17) is 5.73 Å². The normalized spacial score (nSPS) is 19.2. The number of rotatable bonds is 10. The fourth-order valence-corrected chi connectivity index (χ4v) is 5.46. The molecule has 5 rings (SSSR count). The third-order valence-corrected chi connectivity index (χ3v) is 7.71. The Labute approximate surface area is 233 Å². The summed E-state index contributed by atoms with van der Waals surface area (Å²) in [7, 11) is 0. The predicted molar refractivity (Wildman–Crippen MR) is 130 cm³/mol. The first kappa shape index (κ1) is 29.7. The van der Waals surface area contributed by atoms with Gasteiger partial charge in [-0.15, -0.1) is 5.10 Å². The molecule has 2 aliphatic carbocycles. The molecule has 2 saturated carbocycles. The van der Waals surface area contributed by atoms with Gasteiger partial charge in [-0.25, -0.2) is 31.7 Å². The molecule has 3 N–H and O–H groups in total. The molecule has 2 amide bonds. The van der Waals surface area contributed by atoms with Crippen molar-refractivity contribution in [2.24, 2.45) is 17.6 Å². The highest BCUT2D eigenvalue weighted by Gasteiger charge is 2.42. The van der Waals surface area contributed by atoms with Crippen LogP contribution in [0, 0.1) is 11.8 Å². The van der Waals surface area contributed by atoms with Crippen molar-refractivity contribution in [2.45, 2.75) is 82.0 Å². The van der Waals surface area contributed by atoms with Gasteiger partial charge in [-0.1, -0.05) is 5.21 Å². The molecule has 0 aliphatic heterocycles. The van der Waals surface area contributed by atoms with Crippen LogP contribution < -0.4 is 11.1 Å². The monoisotopic (exact) mass is 604 g/mol. The van der Waals surface area contributed by atoms with E-state index in [1.165, 1.54) is 16.9 Å². The van der Waals surface area contributed by atoms with E-state index in [0.717, 1.165) is 17.5 Å². The number of nitrogens with two attached hydrogens (primary N) is 1. The molecule has 228 valence electrons. The molecular formula is C25H27F7N8O2. The quantitative estimate of drug-likeness (QED) is 0.323. The summed E-state index contributed by atoms with van der Waals surface area (Å²) in [6.07, 6.45) is -6.40. The van der Waals surface area contributed by atoms with Crippen LogP contribution in [0.5, 0.6) is 0 Å². The maximum Gasteiger partial charge on any atom is 0.389 e. The Morgan fingerprint density at radius 3 is 2.40 bits per heavy atom. The second-order valence-electron chi connectivity index (χ2n) is 10.8. The average molecular weight is 605 g/mol. The predicted octanol–water partition coefficient (Wildman–Crippen LogP) is 4.68. The van der Waals surface area contributed by atoms with Gasteiger partial charge in [0, 0.05) is 19.3 Å². The molecule has 10 nitrogen and oxygen atoms in total.